The van der Waals surface area contributed by atoms with Crippen molar-refractivity contribution in [2.24, 2.45) is 0 Å². The van der Waals surface area contributed by atoms with Crippen LogP contribution in [0.3, 0.4) is 0 Å². The minimum Gasteiger partial charge on any atom is -0.364 e. The highest BCUT2D eigenvalue weighted by molar-refractivity contribution is 5.15. The van der Waals surface area contributed by atoms with Gasteiger partial charge in [-0.2, -0.15) is 5.26 Å². The summed E-state index contributed by atoms with van der Waals surface area (Å²) in [6.45, 7) is 1.86. The third kappa shape index (κ3) is 1.08. The number of nitrogens with zero attached hydrogens (tertiary/aromatic N) is 2. The molecule has 9 heavy (non-hydrogen) atoms. The van der Waals surface area contributed by atoms with Crippen LogP contribution in [0.15, 0.2) is 10.8 Å². The van der Waals surface area contributed by atoms with E-state index >= 15 is 0 Å². The normalized spacial score (nSPS) is 8.89. The number of rotatable bonds is 1. The third-order valence-corrected chi connectivity index (χ3v) is 1.09. The third-order valence-electron chi connectivity index (χ3n) is 1.09. The van der Waals surface area contributed by atoms with Crippen LogP contribution in [-0.4, -0.2) is 5.16 Å². The molecule has 0 N–H and O–H groups in total. The van der Waals surface area contributed by atoms with E-state index in [0.717, 1.165) is 11.3 Å². The molecule has 0 aliphatic carbocycles. The summed E-state index contributed by atoms with van der Waals surface area (Å²) in [4.78, 5) is 0. The van der Waals surface area contributed by atoms with Crippen molar-refractivity contribution in [1.82, 2.24) is 5.16 Å². The zero-order valence-electron chi connectivity index (χ0n) is 5.09. The number of aryl methyl sites for hydroxylation is 1. The minimum absolute atomic E-state index is 0.336. The second-order valence-corrected chi connectivity index (χ2v) is 1.78. The fourth-order valence-corrected chi connectivity index (χ4v) is 0.556. The van der Waals surface area contributed by atoms with Crippen LogP contribution in [0.4, 0.5) is 0 Å². The van der Waals surface area contributed by atoms with Crippen molar-refractivity contribution >= 4 is 0 Å². The number of aromatic nitrogens is 1. The molecule has 0 radical (unpaired) electrons. The SMILES string of the molecule is Cc1conc1CC#N. The Bertz CT molecular complexity index is 233. The van der Waals surface area contributed by atoms with Gasteiger partial charge in [-0.3, -0.25) is 0 Å². The van der Waals surface area contributed by atoms with Crippen molar-refractivity contribution in [2.45, 2.75) is 13.3 Å². The zero-order chi connectivity index (χ0) is 6.69. The number of hydrogen-bond donors (Lipinski definition) is 0. The summed E-state index contributed by atoms with van der Waals surface area (Å²) in [6, 6.07) is 1.99. The Morgan fingerprint density at radius 2 is 2.67 bits per heavy atom. The monoisotopic (exact) mass is 122 g/mol. The summed E-state index contributed by atoms with van der Waals surface area (Å²) < 4.78 is 4.60. The van der Waals surface area contributed by atoms with Gasteiger partial charge in [0.25, 0.3) is 0 Å². The van der Waals surface area contributed by atoms with Crippen LogP contribution >= 0.6 is 0 Å². The molecular weight excluding hydrogens is 116 g/mol. The highest BCUT2D eigenvalue weighted by Crippen LogP contribution is 2.03. The summed E-state index contributed by atoms with van der Waals surface area (Å²) in [5.41, 5.74) is 1.68. The molecule has 0 atom stereocenters. The van der Waals surface area contributed by atoms with E-state index in [2.05, 4.69) is 9.68 Å². The summed E-state index contributed by atoms with van der Waals surface area (Å²) in [5, 5.41) is 11.8. The molecule has 1 heterocycles. The van der Waals surface area contributed by atoms with Gasteiger partial charge < -0.3 is 4.52 Å². The van der Waals surface area contributed by atoms with E-state index in [4.69, 9.17) is 5.26 Å². The van der Waals surface area contributed by atoms with Crippen LogP contribution in [0.2, 0.25) is 0 Å². The standard InChI is InChI=1S/C6H6N2O/c1-5-4-9-8-6(5)2-3-7/h4H,2H2,1H3. The topological polar surface area (TPSA) is 49.8 Å². The molecule has 3 nitrogen and oxygen atoms in total. The average molecular weight is 122 g/mol. The predicted molar refractivity (Wildman–Crippen MR) is 30.6 cm³/mol. The second-order valence-electron chi connectivity index (χ2n) is 1.78. The summed E-state index contributed by atoms with van der Waals surface area (Å²) in [7, 11) is 0. The first kappa shape index (κ1) is 5.83. The average Bonchev–Trinajstić information content (AvgIpc) is 2.18. The van der Waals surface area contributed by atoms with E-state index in [1.807, 2.05) is 13.0 Å². The van der Waals surface area contributed by atoms with Gasteiger partial charge >= 0.3 is 0 Å². The fraction of sp³-hybridized carbons (Fsp3) is 0.333. The summed E-state index contributed by atoms with van der Waals surface area (Å²) in [6.07, 6.45) is 1.87. The lowest BCUT2D eigenvalue weighted by Crippen LogP contribution is -1.82. The van der Waals surface area contributed by atoms with E-state index in [9.17, 15) is 0 Å². The van der Waals surface area contributed by atoms with Crippen molar-refractivity contribution < 1.29 is 4.52 Å². The molecule has 0 amide bonds. The van der Waals surface area contributed by atoms with Crippen LogP contribution < -0.4 is 0 Å². The Kier molecular flexibility index (Phi) is 1.50. The van der Waals surface area contributed by atoms with Gasteiger partial charge in [-0.05, 0) is 6.92 Å². The van der Waals surface area contributed by atoms with Gasteiger partial charge in [0.1, 0.15) is 12.0 Å². The van der Waals surface area contributed by atoms with Gasteiger partial charge in [0.15, 0.2) is 0 Å². The largest absolute Gasteiger partial charge is 0.364 e. The first-order valence-corrected chi connectivity index (χ1v) is 2.61. The molecule has 0 saturated heterocycles. The van der Waals surface area contributed by atoms with Crippen LogP contribution in [0.5, 0.6) is 0 Å². The van der Waals surface area contributed by atoms with Crippen molar-refractivity contribution in [2.75, 3.05) is 0 Å². The van der Waals surface area contributed by atoms with Crippen LogP contribution in [0.25, 0.3) is 0 Å². The Balaban J connectivity index is 2.84. The van der Waals surface area contributed by atoms with Gasteiger partial charge in [-0.25, -0.2) is 0 Å². The number of hydrogen-bond acceptors (Lipinski definition) is 3. The van der Waals surface area contributed by atoms with Gasteiger partial charge in [0.2, 0.25) is 0 Å². The van der Waals surface area contributed by atoms with E-state index in [0.29, 0.717) is 6.42 Å². The Morgan fingerprint density at radius 3 is 3.11 bits per heavy atom. The van der Waals surface area contributed by atoms with Gasteiger partial charge in [-0.1, -0.05) is 5.16 Å². The highest BCUT2D eigenvalue weighted by Gasteiger charge is 1.99. The first-order chi connectivity index (χ1) is 4.34. The molecule has 0 saturated carbocycles. The fourth-order valence-electron chi connectivity index (χ4n) is 0.556. The Morgan fingerprint density at radius 1 is 1.89 bits per heavy atom. The maximum Gasteiger partial charge on any atom is 0.127 e. The first-order valence-electron chi connectivity index (χ1n) is 2.61. The lowest BCUT2D eigenvalue weighted by atomic mass is 10.2. The maximum absolute atomic E-state index is 8.23. The smallest absolute Gasteiger partial charge is 0.127 e. The van der Waals surface area contributed by atoms with E-state index in [-0.39, 0.29) is 0 Å². The molecular formula is C6H6N2O. The zero-order valence-corrected chi connectivity index (χ0v) is 5.09. The van der Waals surface area contributed by atoms with E-state index < -0.39 is 0 Å². The van der Waals surface area contributed by atoms with Gasteiger partial charge in [0.05, 0.1) is 12.5 Å². The highest BCUT2D eigenvalue weighted by atomic mass is 16.5. The molecule has 0 aliphatic heterocycles. The molecule has 0 aromatic carbocycles. The Hall–Kier alpha value is -1.30. The maximum atomic E-state index is 8.23. The summed E-state index contributed by atoms with van der Waals surface area (Å²) >= 11 is 0. The molecule has 1 aromatic rings. The van der Waals surface area contributed by atoms with Crippen molar-refractivity contribution in [3.8, 4) is 6.07 Å². The molecule has 46 valence electrons. The quantitative estimate of drug-likeness (QED) is 0.559. The number of nitriles is 1. The van der Waals surface area contributed by atoms with Crippen molar-refractivity contribution in [3.63, 3.8) is 0 Å². The molecule has 1 aromatic heterocycles. The van der Waals surface area contributed by atoms with Gasteiger partial charge in [-0.15, -0.1) is 0 Å². The molecule has 1 rings (SSSR count). The predicted octanol–water partition coefficient (Wildman–Crippen LogP) is 1.05. The molecule has 0 spiro atoms. The molecule has 0 unspecified atom stereocenters. The van der Waals surface area contributed by atoms with Crippen molar-refractivity contribution in [1.29, 1.82) is 5.26 Å². The van der Waals surface area contributed by atoms with E-state index in [1.54, 1.807) is 0 Å². The minimum atomic E-state index is 0.336. The Labute approximate surface area is 52.9 Å². The van der Waals surface area contributed by atoms with E-state index in [1.165, 1.54) is 6.26 Å². The molecule has 3 heteroatoms. The van der Waals surface area contributed by atoms with Crippen LogP contribution in [0, 0.1) is 18.3 Å². The second kappa shape index (κ2) is 2.31. The molecule has 0 fully saturated rings. The van der Waals surface area contributed by atoms with Gasteiger partial charge in [0, 0.05) is 5.56 Å². The summed E-state index contributed by atoms with van der Waals surface area (Å²) in [5.74, 6) is 0. The lowest BCUT2D eigenvalue weighted by Gasteiger charge is -1.81. The lowest BCUT2D eigenvalue weighted by molar-refractivity contribution is 0.413. The van der Waals surface area contributed by atoms with Crippen LogP contribution in [0.1, 0.15) is 11.3 Å². The van der Waals surface area contributed by atoms with Crippen molar-refractivity contribution in [3.05, 3.63) is 17.5 Å². The van der Waals surface area contributed by atoms with Crippen LogP contribution in [-0.2, 0) is 6.42 Å². The molecule has 0 aliphatic rings. The molecule has 0 bridgehead atoms.